The van der Waals surface area contributed by atoms with Crippen LogP contribution in [0.3, 0.4) is 0 Å². The van der Waals surface area contributed by atoms with Crippen molar-refractivity contribution >= 4 is 5.91 Å². The van der Waals surface area contributed by atoms with Gasteiger partial charge in [0.25, 0.3) is 0 Å². The molecule has 1 rings (SSSR count). The Balaban J connectivity index is 2.28. The van der Waals surface area contributed by atoms with Crippen LogP contribution < -0.4 is 5.32 Å². The zero-order chi connectivity index (χ0) is 9.73. The third-order valence-electron chi connectivity index (χ3n) is 2.18. The quantitative estimate of drug-likeness (QED) is 0.512. The molecule has 0 bridgehead atoms. The van der Waals surface area contributed by atoms with Crippen molar-refractivity contribution in [2.24, 2.45) is 0 Å². The lowest BCUT2D eigenvalue weighted by atomic mass is 9.94. The molecule has 0 aliphatic carbocycles. The van der Waals surface area contributed by atoms with Gasteiger partial charge < -0.3 is 20.3 Å². The standard InChI is InChI=1S/C8H15NO4/c10-5-7(11)9-6-8(12)1-3-13-4-2-8/h10,12H,1-6H2,(H,9,11). The molecule has 0 spiro atoms. The smallest absolute Gasteiger partial charge is 0.245 e. The summed E-state index contributed by atoms with van der Waals surface area (Å²) in [4.78, 5) is 10.7. The normalized spacial score (nSPS) is 21.1. The Morgan fingerprint density at radius 1 is 1.46 bits per heavy atom. The number of carbonyl (C=O) groups is 1. The van der Waals surface area contributed by atoms with Crippen molar-refractivity contribution < 1.29 is 19.7 Å². The maximum atomic E-state index is 10.7. The second kappa shape index (κ2) is 4.55. The molecule has 5 heteroatoms. The molecular weight excluding hydrogens is 174 g/mol. The Kier molecular flexibility index (Phi) is 3.65. The lowest BCUT2D eigenvalue weighted by Gasteiger charge is -2.31. The number of carbonyl (C=O) groups excluding carboxylic acids is 1. The Bertz CT molecular complexity index is 177. The van der Waals surface area contributed by atoms with Gasteiger partial charge in [-0.1, -0.05) is 0 Å². The molecule has 5 nitrogen and oxygen atoms in total. The molecule has 1 aliphatic rings. The van der Waals surface area contributed by atoms with E-state index in [2.05, 4.69) is 5.32 Å². The van der Waals surface area contributed by atoms with E-state index in [0.717, 1.165) is 0 Å². The molecule has 0 unspecified atom stereocenters. The van der Waals surface area contributed by atoms with Crippen LogP contribution >= 0.6 is 0 Å². The van der Waals surface area contributed by atoms with Crippen LogP contribution in [0.15, 0.2) is 0 Å². The second-order valence-corrected chi connectivity index (χ2v) is 3.27. The van der Waals surface area contributed by atoms with Crippen molar-refractivity contribution in [1.29, 1.82) is 0 Å². The molecule has 3 N–H and O–H groups in total. The first-order valence-electron chi connectivity index (χ1n) is 4.34. The van der Waals surface area contributed by atoms with Crippen LogP contribution in [-0.4, -0.2) is 48.1 Å². The SMILES string of the molecule is O=C(CO)NCC1(O)CCOCC1. The Morgan fingerprint density at radius 2 is 2.08 bits per heavy atom. The van der Waals surface area contributed by atoms with Crippen molar-refractivity contribution in [2.45, 2.75) is 18.4 Å². The molecule has 1 fully saturated rings. The zero-order valence-corrected chi connectivity index (χ0v) is 7.45. The maximum Gasteiger partial charge on any atom is 0.245 e. The van der Waals surface area contributed by atoms with E-state index in [0.29, 0.717) is 26.1 Å². The van der Waals surface area contributed by atoms with Gasteiger partial charge >= 0.3 is 0 Å². The van der Waals surface area contributed by atoms with Crippen molar-refractivity contribution in [1.82, 2.24) is 5.32 Å². The molecule has 0 aromatic heterocycles. The number of hydrogen-bond acceptors (Lipinski definition) is 4. The zero-order valence-electron chi connectivity index (χ0n) is 7.45. The predicted molar refractivity (Wildman–Crippen MR) is 45.1 cm³/mol. The lowest BCUT2D eigenvalue weighted by Crippen LogP contribution is -2.47. The Labute approximate surface area is 76.7 Å². The molecule has 1 heterocycles. The summed E-state index contributed by atoms with van der Waals surface area (Å²) in [7, 11) is 0. The average molecular weight is 189 g/mol. The molecule has 76 valence electrons. The molecule has 1 saturated heterocycles. The third-order valence-corrected chi connectivity index (χ3v) is 2.18. The van der Waals surface area contributed by atoms with Crippen LogP contribution in [0.5, 0.6) is 0 Å². The molecule has 13 heavy (non-hydrogen) atoms. The number of nitrogens with one attached hydrogen (secondary N) is 1. The second-order valence-electron chi connectivity index (χ2n) is 3.27. The van der Waals surface area contributed by atoms with Gasteiger partial charge in [0, 0.05) is 32.6 Å². The minimum atomic E-state index is -0.858. The average Bonchev–Trinajstić information content (AvgIpc) is 2.15. The minimum absolute atomic E-state index is 0.190. The molecule has 1 aliphatic heterocycles. The monoisotopic (exact) mass is 189 g/mol. The molecule has 0 aromatic rings. The van der Waals surface area contributed by atoms with Gasteiger partial charge in [0.2, 0.25) is 5.91 Å². The van der Waals surface area contributed by atoms with Crippen LogP contribution in [0.4, 0.5) is 0 Å². The molecule has 1 amide bonds. The highest BCUT2D eigenvalue weighted by Gasteiger charge is 2.29. The van der Waals surface area contributed by atoms with Crippen molar-refractivity contribution in [2.75, 3.05) is 26.4 Å². The van der Waals surface area contributed by atoms with Crippen LogP contribution in [0.2, 0.25) is 0 Å². The van der Waals surface area contributed by atoms with E-state index < -0.39 is 18.1 Å². The first-order chi connectivity index (χ1) is 6.16. The molecule has 0 atom stereocenters. The fourth-order valence-corrected chi connectivity index (χ4v) is 1.25. The first kappa shape index (κ1) is 10.4. The van der Waals surface area contributed by atoms with E-state index in [9.17, 15) is 9.90 Å². The topological polar surface area (TPSA) is 78.8 Å². The van der Waals surface area contributed by atoms with Gasteiger partial charge in [0.05, 0.1) is 5.60 Å². The Hall–Kier alpha value is -0.650. The van der Waals surface area contributed by atoms with Gasteiger partial charge in [-0.25, -0.2) is 0 Å². The summed E-state index contributed by atoms with van der Waals surface area (Å²) < 4.78 is 5.08. The van der Waals surface area contributed by atoms with E-state index in [1.165, 1.54) is 0 Å². The van der Waals surface area contributed by atoms with Gasteiger partial charge in [-0.3, -0.25) is 4.79 Å². The summed E-state index contributed by atoms with van der Waals surface area (Å²) in [5, 5.41) is 20.7. The summed E-state index contributed by atoms with van der Waals surface area (Å²) in [6.45, 7) is 0.694. The van der Waals surface area contributed by atoms with Crippen molar-refractivity contribution in [3.63, 3.8) is 0 Å². The van der Waals surface area contributed by atoms with Gasteiger partial charge in [-0.15, -0.1) is 0 Å². The summed E-state index contributed by atoms with van der Waals surface area (Å²) in [5.74, 6) is -0.458. The number of hydrogen-bond donors (Lipinski definition) is 3. The fourth-order valence-electron chi connectivity index (χ4n) is 1.25. The van der Waals surface area contributed by atoms with E-state index in [1.54, 1.807) is 0 Å². The Morgan fingerprint density at radius 3 is 2.62 bits per heavy atom. The van der Waals surface area contributed by atoms with Gasteiger partial charge in [-0.2, -0.15) is 0 Å². The lowest BCUT2D eigenvalue weighted by molar-refractivity contribution is -0.126. The number of rotatable bonds is 3. The molecular formula is C8H15NO4. The van der Waals surface area contributed by atoms with E-state index in [1.807, 2.05) is 0 Å². The predicted octanol–water partition coefficient (Wildman–Crippen LogP) is -1.36. The first-order valence-corrected chi connectivity index (χ1v) is 4.34. The summed E-state index contributed by atoms with van der Waals surface area (Å²) >= 11 is 0. The van der Waals surface area contributed by atoms with Gasteiger partial charge in [-0.05, 0) is 0 Å². The van der Waals surface area contributed by atoms with Crippen LogP contribution in [-0.2, 0) is 9.53 Å². The van der Waals surface area contributed by atoms with E-state index in [4.69, 9.17) is 9.84 Å². The van der Waals surface area contributed by atoms with Crippen molar-refractivity contribution in [3.8, 4) is 0 Å². The largest absolute Gasteiger partial charge is 0.388 e. The summed E-state index contributed by atoms with van der Waals surface area (Å²) in [6.07, 6.45) is 1.05. The summed E-state index contributed by atoms with van der Waals surface area (Å²) in [6, 6.07) is 0. The molecule has 0 aromatic carbocycles. The van der Waals surface area contributed by atoms with Gasteiger partial charge in [0.1, 0.15) is 6.61 Å². The van der Waals surface area contributed by atoms with Gasteiger partial charge in [0.15, 0.2) is 0 Å². The molecule has 0 saturated carbocycles. The highest BCUT2D eigenvalue weighted by Crippen LogP contribution is 2.18. The highest BCUT2D eigenvalue weighted by atomic mass is 16.5. The fraction of sp³-hybridized carbons (Fsp3) is 0.875. The number of aliphatic hydroxyl groups excluding tert-OH is 1. The molecule has 0 radical (unpaired) electrons. The minimum Gasteiger partial charge on any atom is -0.388 e. The van der Waals surface area contributed by atoms with Crippen LogP contribution in [0.25, 0.3) is 0 Å². The highest BCUT2D eigenvalue weighted by molar-refractivity contribution is 5.76. The number of amides is 1. The van der Waals surface area contributed by atoms with E-state index >= 15 is 0 Å². The number of aliphatic hydroxyl groups is 2. The van der Waals surface area contributed by atoms with Crippen LogP contribution in [0, 0.1) is 0 Å². The third kappa shape index (κ3) is 3.30. The van der Waals surface area contributed by atoms with Crippen molar-refractivity contribution in [3.05, 3.63) is 0 Å². The maximum absolute atomic E-state index is 10.7. The number of ether oxygens (including phenoxy) is 1. The van der Waals surface area contributed by atoms with E-state index in [-0.39, 0.29) is 6.54 Å². The summed E-state index contributed by atoms with van der Waals surface area (Å²) in [5.41, 5.74) is -0.858. The van der Waals surface area contributed by atoms with Crippen LogP contribution in [0.1, 0.15) is 12.8 Å².